The molecule has 194 valence electrons. The van der Waals surface area contributed by atoms with E-state index in [1.165, 1.54) is 60.0 Å². The molecule has 0 spiro atoms. The summed E-state index contributed by atoms with van der Waals surface area (Å²) in [6.45, 7) is 0. The minimum absolute atomic E-state index is 0.909. The Morgan fingerprint density at radius 3 is 1.45 bits per heavy atom. The molecule has 8 aromatic carbocycles. The highest BCUT2D eigenvalue weighted by atomic mass is 14.8. The van der Waals surface area contributed by atoms with E-state index in [9.17, 15) is 0 Å². The summed E-state index contributed by atoms with van der Waals surface area (Å²) in [5.41, 5.74) is 8.62. The van der Waals surface area contributed by atoms with E-state index in [0.717, 1.165) is 27.5 Å². The molecule has 0 aliphatic rings. The van der Waals surface area contributed by atoms with E-state index in [0.29, 0.717) is 0 Å². The molecule has 0 saturated heterocycles. The fourth-order valence-corrected chi connectivity index (χ4v) is 6.81. The molecule has 0 radical (unpaired) electrons. The summed E-state index contributed by atoms with van der Waals surface area (Å²) in [6.07, 6.45) is 0. The van der Waals surface area contributed by atoms with Crippen molar-refractivity contribution in [3.63, 3.8) is 0 Å². The van der Waals surface area contributed by atoms with Gasteiger partial charge >= 0.3 is 0 Å². The Kier molecular flexibility index (Phi) is 4.93. The molecule has 0 aliphatic heterocycles. The van der Waals surface area contributed by atoms with E-state index < -0.39 is 0 Å². The summed E-state index contributed by atoms with van der Waals surface area (Å²) in [5.74, 6) is 0. The van der Waals surface area contributed by atoms with Gasteiger partial charge in [-0.3, -0.25) is 0 Å². The number of nitrogens with zero attached hydrogens (tertiary/aromatic N) is 2. The van der Waals surface area contributed by atoms with Crippen LogP contribution in [0, 0.1) is 0 Å². The first-order valence-corrected chi connectivity index (χ1v) is 14.4. The molecule has 0 saturated carbocycles. The van der Waals surface area contributed by atoms with Crippen molar-refractivity contribution in [2.24, 2.45) is 0 Å². The topological polar surface area (TPSA) is 25.8 Å². The van der Waals surface area contributed by atoms with Gasteiger partial charge in [0.2, 0.25) is 0 Å². The van der Waals surface area contributed by atoms with Crippen molar-refractivity contribution in [2.75, 3.05) is 0 Å². The van der Waals surface area contributed by atoms with Gasteiger partial charge in [0.1, 0.15) is 0 Å². The van der Waals surface area contributed by atoms with Gasteiger partial charge in [0.05, 0.1) is 22.1 Å². The van der Waals surface area contributed by atoms with Crippen LogP contribution in [0.1, 0.15) is 0 Å². The monoisotopic (exact) mass is 532 g/mol. The minimum atomic E-state index is 0.909. The standard InChI is InChI=1S/C40H24N2/c1-2-14-26-25(12-1)13-11-21-28(26)38-29-16-4-6-18-31(29)39(32-19-7-5-17-30(32)38)34-24-37-40(33-20-8-3-15-27(33)34)42-36-23-10-9-22-35(36)41-37/h1-24H. The Morgan fingerprint density at radius 2 is 0.786 bits per heavy atom. The largest absolute Gasteiger partial charge is 0.244 e. The second-order valence-corrected chi connectivity index (χ2v) is 10.9. The lowest BCUT2D eigenvalue weighted by molar-refractivity contribution is 1.41. The summed E-state index contributed by atoms with van der Waals surface area (Å²) in [4.78, 5) is 10.2. The Morgan fingerprint density at radius 1 is 0.310 bits per heavy atom. The molecule has 0 fully saturated rings. The van der Waals surface area contributed by atoms with E-state index in [1.54, 1.807) is 0 Å². The normalized spacial score (nSPS) is 11.8. The van der Waals surface area contributed by atoms with Gasteiger partial charge < -0.3 is 0 Å². The third kappa shape index (κ3) is 3.33. The van der Waals surface area contributed by atoms with Crippen LogP contribution in [-0.2, 0) is 0 Å². The molecule has 42 heavy (non-hydrogen) atoms. The minimum Gasteiger partial charge on any atom is -0.244 e. The number of hydrogen-bond donors (Lipinski definition) is 0. The van der Waals surface area contributed by atoms with E-state index in [-0.39, 0.29) is 0 Å². The Labute approximate surface area is 242 Å². The zero-order valence-electron chi connectivity index (χ0n) is 22.8. The first-order valence-electron chi connectivity index (χ1n) is 14.4. The predicted octanol–water partition coefficient (Wildman–Crippen LogP) is 10.7. The van der Waals surface area contributed by atoms with Crippen LogP contribution in [0.25, 0.3) is 87.4 Å². The number of aromatic nitrogens is 2. The van der Waals surface area contributed by atoms with Crippen LogP contribution in [0.2, 0.25) is 0 Å². The summed E-state index contributed by atoms with van der Waals surface area (Å²) in [6, 6.07) is 52.1. The molecule has 9 rings (SSSR count). The summed E-state index contributed by atoms with van der Waals surface area (Å²) >= 11 is 0. The highest BCUT2D eigenvalue weighted by Gasteiger charge is 2.20. The lowest BCUT2D eigenvalue weighted by Gasteiger charge is -2.20. The third-order valence-corrected chi connectivity index (χ3v) is 8.61. The summed E-state index contributed by atoms with van der Waals surface area (Å²) in [5, 5.41) is 9.78. The molecular formula is C40H24N2. The zero-order valence-corrected chi connectivity index (χ0v) is 22.8. The van der Waals surface area contributed by atoms with Crippen LogP contribution in [0.15, 0.2) is 146 Å². The SMILES string of the molecule is c1ccc2c(-c3c4ccccc4c(-c4cc5nc6ccccc6nc5c5ccccc45)c4ccccc34)cccc2c1. The third-order valence-electron chi connectivity index (χ3n) is 8.61. The van der Waals surface area contributed by atoms with Crippen LogP contribution >= 0.6 is 0 Å². The first-order chi connectivity index (χ1) is 20.8. The van der Waals surface area contributed by atoms with Gasteiger partial charge in [0.25, 0.3) is 0 Å². The summed E-state index contributed by atoms with van der Waals surface area (Å²) in [7, 11) is 0. The number of rotatable bonds is 2. The van der Waals surface area contributed by atoms with Gasteiger partial charge in [0.15, 0.2) is 0 Å². The number of hydrogen-bond acceptors (Lipinski definition) is 2. The molecule has 0 N–H and O–H groups in total. The molecular weight excluding hydrogens is 508 g/mol. The first kappa shape index (κ1) is 23.1. The highest BCUT2D eigenvalue weighted by Crippen LogP contribution is 2.47. The van der Waals surface area contributed by atoms with Gasteiger partial charge in [-0.25, -0.2) is 9.97 Å². The van der Waals surface area contributed by atoms with Gasteiger partial charge in [0, 0.05) is 5.39 Å². The van der Waals surface area contributed by atoms with Crippen molar-refractivity contribution in [1.29, 1.82) is 0 Å². The van der Waals surface area contributed by atoms with Gasteiger partial charge in [-0.2, -0.15) is 0 Å². The van der Waals surface area contributed by atoms with Crippen molar-refractivity contribution in [3.05, 3.63) is 146 Å². The van der Waals surface area contributed by atoms with Crippen LogP contribution in [0.3, 0.4) is 0 Å². The van der Waals surface area contributed by atoms with Crippen molar-refractivity contribution in [2.45, 2.75) is 0 Å². The Bertz CT molecular complexity index is 2460. The van der Waals surface area contributed by atoms with Crippen LogP contribution in [0.4, 0.5) is 0 Å². The van der Waals surface area contributed by atoms with Crippen molar-refractivity contribution >= 4 is 65.2 Å². The number of fused-ring (bicyclic) bond motifs is 7. The van der Waals surface area contributed by atoms with Gasteiger partial charge in [-0.15, -0.1) is 0 Å². The van der Waals surface area contributed by atoms with Crippen LogP contribution < -0.4 is 0 Å². The number of para-hydroxylation sites is 2. The molecule has 0 aliphatic carbocycles. The molecule has 1 heterocycles. The zero-order chi connectivity index (χ0) is 27.6. The second kappa shape index (κ2) is 8.95. The van der Waals surface area contributed by atoms with Crippen molar-refractivity contribution in [3.8, 4) is 22.3 Å². The molecule has 9 aromatic rings. The van der Waals surface area contributed by atoms with Crippen molar-refractivity contribution < 1.29 is 0 Å². The second-order valence-electron chi connectivity index (χ2n) is 10.9. The van der Waals surface area contributed by atoms with Crippen LogP contribution in [0.5, 0.6) is 0 Å². The average Bonchev–Trinajstić information content (AvgIpc) is 3.06. The van der Waals surface area contributed by atoms with Gasteiger partial charge in [-0.05, 0) is 78.2 Å². The molecule has 0 atom stereocenters. The molecule has 0 unspecified atom stereocenters. The van der Waals surface area contributed by atoms with E-state index in [4.69, 9.17) is 9.97 Å². The quantitative estimate of drug-likeness (QED) is 0.163. The van der Waals surface area contributed by atoms with E-state index in [1.807, 2.05) is 24.3 Å². The van der Waals surface area contributed by atoms with Crippen molar-refractivity contribution in [1.82, 2.24) is 9.97 Å². The predicted molar refractivity (Wildman–Crippen MR) is 178 cm³/mol. The average molecular weight is 533 g/mol. The fourth-order valence-electron chi connectivity index (χ4n) is 6.81. The lowest BCUT2D eigenvalue weighted by atomic mass is 9.83. The lowest BCUT2D eigenvalue weighted by Crippen LogP contribution is -1.94. The molecule has 2 heteroatoms. The Hall–Kier alpha value is -5.60. The van der Waals surface area contributed by atoms with Gasteiger partial charge in [-0.1, -0.05) is 127 Å². The maximum absolute atomic E-state index is 5.11. The maximum atomic E-state index is 5.11. The molecule has 1 aromatic heterocycles. The fraction of sp³-hybridized carbons (Fsp3) is 0. The van der Waals surface area contributed by atoms with E-state index in [2.05, 4.69) is 121 Å². The number of benzene rings is 8. The highest BCUT2D eigenvalue weighted by molar-refractivity contribution is 6.26. The smallest absolute Gasteiger partial charge is 0.0973 e. The Balaban J connectivity index is 1.47. The molecule has 0 bridgehead atoms. The molecule has 0 amide bonds. The van der Waals surface area contributed by atoms with Crippen LogP contribution in [-0.4, -0.2) is 9.97 Å². The van der Waals surface area contributed by atoms with E-state index >= 15 is 0 Å². The molecule has 2 nitrogen and oxygen atoms in total. The summed E-state index contributed by atoms with van der Waals surface area (Å²) < 4.78 is 0. The maximum Gasteiger partial charge on any atom is 0.0973 e.